The number of aliphatic imine (C=N–C) groups is 1. The Morgan fingerprint density at radius 3 is 2.71 bits per heavy atom. The molecule has 1 aromatic heterocycles. The van der Waals surface area contributed by atoms with Crippen LogP contribution < -0.4 is 22.1 Å². The lowest BCUT2D eigenvalue weighted by Gasteiger charge is -2.13. The maximum atomic E-state index is 11.9. The van der Waals surface area contributed by atoms with Gasteiger partial charge in [-0.05, 0) is 44.1 Å². The highest BCUT2D eigenvalue weighted by molar-refractivity contribution is 7.15. The molecular formula is C20H30N6OS. The van der Waals surface area contributed by atoms with Crippen LogP contribution in [0.4, 0.5) is 9.93 Å². The van der Waals surface area contributed by atoms with Crippen LogP contribution in [0.2, 0.25) is 0 Å². The van der Waals surface area contributed by atoms with Crippen molar-refractivity contribution in [2.45, 2.75) is 39.5 Å². The number of hydrogen-bond donors (Lipinski definition) is 4. The first kappa shape index (κ1) is 21.7. The molecule has 0 fully saturated rings. The van der Waals surface area contributed by atoms with Crippen LogP contribution in [0, 0.1) is 12.8 Å². The molecule has 7 nitrogen and oxygen atoms in total. The van der Waals surface area contributed by atoms with E-state index in [9.17, 15) is 4.79 Å². The zero-order chi connectivity index (χ0) is 20.4. The number of urea groups is 1. The predicted octanol–water partition coefficient (Wildman–Crippen LogP) is 2.85. The van der Waals surface area contributed by atoms with Crippen LogP contribution in [0.1, 0.15) is 35.9 Å². The first-order valence-electron chi connectivity index (χ1n) is 9.54. The summed E-state index contributed by atoms with van der Waals surface area (Å²) >= 11 is 1.50. The van der Waals surface area contributed by atoms with Crippen LogP contribution in [0.25, 0.3) is 0 Å². The highest BCUT2D eigenvalue weighted by Crippen LogP contribution is 2.20. The average Bonchev–Trinajstić information content (AvgIpc) is 3.00. The number of anilines is 1. The average molecular weight is 403 g/mol. The number of aryl methyl sites for hydroxylation is 3. The van der Waals surface area contributed by atoms with Gasteiger partial charge in [0.05, 0.1) is 5.69 Å². The van der Waals surface area contributed by atoms with Gasteiger partial charge in [-0.3, -0.25) is 10.3 Å². The van der Waals surface area contributed by atoms with Gasteiger partial charge in [-0.2, -0.15) is 0 Å². The number of guanidine groups is 1. The first-order chi connectivity index (χ1) is 13.4. The Bertz CT molecular complexity index is 774. The summed E-state index contributed by atoms with van der Waals surface area (Å²) in [5.74, 6) is 0.508. The molecule has 0 radical (unpaired) electrons. The summed E-state index contributed by atoms with van der Waals surface area (Å²) in [7, 11) is 0. The van der Waals surface area contributed by atoms with E-state index in [-0.39, 0.29) is 12.0 Å². The number of nitrogens with two attached hydrogens (primary N) is 2. The standard InChI is InChI=1S/C20H30N6OS/c1-14(10-11-16-7-4-3-5-8-16)13-24-20(27)26-18(21)23-12-6-9-17-15(2)25-19(22)28-17/h3-5,7-8,14H,6,9-13H2,1-2H3,(H2,22,25)(H4,21,23,24,26,27). The lowest BCUT2D eigenvalue weighted by Crippen LogP contribution is -2.44. The van der Waals surface area contributed by atoms with Crippen molar-refractivity contribution in [1.82, 2.24) is 15.6 Å². The van der Waals surface area contributed by atoms with Crippen LogP contribution in [0.15, 0.2) is 35.3 Å². The van der Waals surface area contributed by atoms with Gasteiger partial charge in [0.1, 0.15) is 0 Å². The third-order valence-corrected chi connectivity index (χ3v) is 5.42. The van der Waals surface area contributed by atoms with Crippen molar-refractivity contribution in [2.24, 2.45) is 16.6 Å². The molecule has 8 heteroatoms. The zero-order valence-corrected chi connectivity index (χ0v) is 17.4. The molecule has 2 aromatic rings. The molecule has 2 amide bonds. The number of carbonyl (C=O) groups is 1. The van der Waals surface area contributed by atoms with Crippen molar-refractivity contribution >= 4 is 28.5 Å². The van der Waals surface area contributed by atoms with Gasteiger partial charge in [0.15, 0.2) is 11.1 Å². The molecule has 0 aliphatic heterocycles. The van der Waals surface area contributed by atoms with Crippen molar-refractivity contribution in [3.05, 3.63) is 46.5 Å². The third kappa shape index (κ3) is 7.96. The van der Waals surface area contributed by atoms with Gasteiger partial charge >= 0.3 is 6.03 Å². The summed E-state index contributed by atoms with van der Waals surface area (Å²) in [4.78, 5) is 21.5. The van der Waals surface area contributed by atoms with Gasteiger partial charge < -0.3 is 16.8 Å². The van der Waals surface area contributed by atoms with Crippen molar-refractivity contribution in [3.8, 4) is 0 Å². The van der Waals surface area contributed by atoms with Gasteiger partial charge in [0, 0.05) is 18.0 Å². The predicted molar refractivity (Wildman–Crippen MR) is 117 cm³/mol. The summed E-state index contributed by atoms with van der Waals surface area (Å²) in [6.45, 7) is 5.20. The van der Waals surface area contributed by atoms with Crippen LogP contribution in [0.3, 0.4) is 0 Å². The molecule has 2 rings (SSSR count). The molecule has 1 unspecified atom stereocenters. The SMILES string of the molecule is Cc1nc(N)sc1CCCN=C(N)NC(=O)NCC(C)CCc1ccccc1. The van der Waals surface area contributed by atoms with E-state index in [0.717, 1.165) is 31.4 Å². The Labute approximate surface area is 170 Å². The number of amides is 2. The van der Waals surface area contributed by atoms with Crippen molar-refractivity contribution < 1.29 is 4.79 Å². The molecule has 6 N–H and O–H groups in total. The topological polar surface area (TPSA) is 118 Å². The normalized spacial score (nSPS) is 12.6. The first-order valence-corrected chi connectivity index (χ1v) is 10.4. The van der Waals surface area contributed by atoms with E-state index in [1.807, 2.05) is 25.1 Å². The molecule has 0 saturated heterocycles. The molecule has 28 heavy (non-hydrogen) atoms. The van der Waals surface area contributed by atoms with Crippen molar-refractivity contribution in [1.29, 1.82) is 0 Å². The summed E-state index contributed by atoms with van der Waals surface area (Å²) < 4.78 is 0. The number of hydrogen-bond acceptors (Lipinski definition) is 5. The number of carbonyl (C=O) groups excluding carboxylic acids is 1. The van der Waals surface area contributed by atoms with Gasteiger partial charge in [-0.25, -0.2) is 9.78 Å². The summed E-state index contributed by atoms with van der Waals surface area (Å²) in [5.41, 5.74) is 13.7. The molecule has 0 saturated carbocycles. The number of nitrogen functional groups attached to an aromatic ring is 1. The number of rotatable bonds is 9. The number of thiazole rings is 1. The second-order valence-electron chi connectivity index (χ2n) is 6.90. The fraction of sp³-hybridized carbons (Fsp3) is 0.450. The zero-order valence-electron chi connectivity index (χ0n) is 16.6. The van der Waals surface area contributed by atoms with Crippen LogP contribution in [-0.4, -0.2) is 30.1 Å². The lowest BCUT2D eigenvalue weighted by atomic mass is 10.0. The Hall–Kier alpha value is -2.61. The lowest BCUT2D eigenvalue weighted by molar-refractivity contribution is 0.243. The summed E-state index contributed by atoms with van der Waals surface area (Å²) in [6, 6.07) is 10.0. The molecule has 152 valence electrons. The number of benzene rings is 1. The number of nitrogens with one attached hydrogen (secondary N) is 2. The Balaban J connectivity index is 1.60. The summed E-state index contributed by atoms with van der Waals surface area (Å²) in [5, 5.41) is 6.01. The van der Waals surface area contributed by atoms with Gasteiger partial charge in [0.2, 0.25) is 0 Å². The van der Waals surface area contributed by atoms with Crippen LogP contribution in [-0.2, 0) is 12.8 Å². The molecular weight excluding hydrogens is 372 g/mol. The largest absolute Gasteiger partial charge is 0.375 e. The third-order valence-electron chi connectivity index (χ3n) is 4.37. The molecule has 1 heterocycles. The minimum absolute atomic E-state index is 0.134. The van der Waals surface area contributed by atoms with Crippen LogP contribution >= 0.6 is 11.3 Å². The Kier molecular flexibility index (Phi) is 8.74. The van der Waals surface area contributed by atoms with Gasteiger partial charge in [-0.1, -0.05) is 37.3 Å². The number of nitrogens with zero attached hydrogens (tertiary/aromatic N) is 2. The molecule has 0 aliphatic carbocycles. The van der Waals surface area contributed by atoms with Crippen LogP contribution in [0.5, 0.6) is 0 Å². The van der Waals surface area contributed by atoms with E-state index in [4.69, 9.17) is 11.5 Å². The van der Waals surface area contributed by atoms with Gasteiger partial charge in [0.25, 0.3) is 0 Å². The van der Waals surface area contributed by atoms with E-state index in [0.29, 0.717) is 24.1 Å². The molecule has 0 spiro atoms. The quantitative estimate of drug-likeness (QED) is 0.293. The minimum Gasteiger partial charge on any atom is -0.375 e. The molecule has 1 aromatic carbocycles. The Morgan fingerprint density at radius 1 is 1.29 bits per heavy atom. The maximum Gasteiger partial charge on any atom is 0.321 e. The smallest absolute Gasteiger partial charge is 0.321 e. The monoisotopic (exact) mass is 402 g/mol. The molecule has 0 aliphatic rings. The second kappa shape index (κ2) is 11.3. The Morgan fingerprint density at radius 2 is 2.04 bits per heavy atom. The van der Waals surface area contributed by atoms with Crippen molar-refractivity contribution in [3.63, 3.8) is 0 Å². The highest BCUT2D eigenvalue weighted by Gasteiger charge is 2.07. The second-order valence-corrected chi connectivity index (χ2v) is 8.01. The van der Waals surface area contributed by atoms with E-state index >= 15 is 0 Å². The fourth-order valence-electron chi connectivity index (χ4n) is 2.75. The van der Waals surface area contributed by atoms with E-state index in [1.165, 1.54) is 21.8 Å². The van der Waals surface area contributed by atoms with Gasteiger partial charge in [-0.15, -0.1) is 11.3 Å². The van der Waals surface area contributed by atoms with E-state index in [2.05, 4.69) is 39.7 Å². The molecule has 1 atom stereocenters. The maximum absolute atomic E-state index is 11.9. The summed E-state index contributed by atoms with van der Waals surface area (Å²) in [6.07, 6.45) is 3.68. The van der Waals surface area contributed by atoms with E-state index in [1.54, 1.807) is 0 Å². The van der Waals surface area contributed by atoms with E-state index < -0.39 is 0 Å². The number of aromatic nitrogens is 1. The minimum atomic E-state index is -0.320. The molecule has 0 bridgehead atoms. The highest BCUT2D eigenvalue weighted by atomic mass is 32.1. The van der Waals surface area contributed by atoms with Crippen molar-refractivity contribution in [2.75, 3.05) is 18.8 Å². The fourth-order valence-corrected chi connectivity index (χ4v) is 3.62.